The van der Waals surface area contributed by atoms with E-state index in [1.54, 1.807) is 6.20 Å². The molecule has 0 amide bonds. The minimum atomic E-state index is -0.754. The van der Waals surface area contributed by atoms with Crippen molar-refractivity contribution in [2.24, 2.45) is 0 Å². The maximum absolute atomic E-state index is 10.8. The maximum atomic E-state index is 10.8. The number of hydrogen-bond donors (Lipinski definition) is 1. The van der Waals surface area contributed by atoms with Crippen molar-refractivity contribution < 1.29 is 5.11 Å². The van der Waals surface area contributed by atoms with Gasteiger partial charge < -0.3 is 10.0 Å². The van der Waals surface area contributed by atoms with Crippen molar-refractivity contribution in [3.05, 3.63) is 59.2 Å². The summed E-state index contributed by atoms with van der Waals surface area (Å²) in [4.78, 5) is 6.57. The van der Waals surface area contributed by atoms with Gasteiger partial charge in [-0.2, -0.15) is 0 Å². The smallest absolute Gasteiger partial charge is 0.128 e. The van der Waals surface area contributed by atoms with E-state index in [1.165, 1.54) is 0 Å². The molecule has 0 unspecified atom stereocenters. The standard InChI is InChI=1S/C16H17ClN2O/c17-14-6-4-13(5-7-14)16(20)8-11-19(12-9-16)15-3-1-2-10-18-15/h1-7,10,20H,8-9,11-12H2. The molecule has 2 heterocycles. The molecule has 1 aromatic heterocycles. The molecule has 1 N–H and O–H groups in total. The third kappa shape index (κ3) is 2.65. The molecule has 1 aliphatic rings. The van der Waals surface area contributed by atoms with Crippen LogP contribution in [0.4, 0.5) is 5.82 Å². The maximum Gasteiger partial charge on any atom is 0.128 e. The molecule has 20 heavy (non-hydrogen) atoms. The van der Waals surface area contributed by atoms with Gasteiger partial charge in [-0.05, 0) is 42.7 Å². The second kappa shape index (κ2) is 5.43. The number of rotatable bonds is 2. The van der Waals surface area contributed by atoms with Gasteiger partial charge in [0.2, 0.25) is 0 Å². The summed E-state index contributed by atoms with van der Waals surface area (Å²) >= 11 is 5.90. The Labute approximate surface area is 123 Å². The average molecular weight is 289 g/mol. The summed E-state index contributed by atoms with van der Waals surface area (Å²) in [7, 11) is 0. The van der Waals surface area contributed by atoms with Crippen LogP contribution in [0.5, 0.6) is 0 Å². The third-order valence-electron chi connectivity index (χ3n) is 3.95. The van der Waals surface area contributed by atoms with Gasteiger partial charge in [0.15, 0.2) is 0 Å². The molecule has 3 rings (SSSR count). The molecule has 1 saturated heterocycles. The Balaban J connectivity index is 1.73. The summed E-state index contributed by atoms with van der Waals surface area (Å²) in [5, 5.41) is 11.5. The molecule has 4 heteroatoms. The fraction of sp³-hybridized carbons (Fsp3) is 0.312. The summed E-state index contributed by atoms with van der Waals surface area (Å²) in [6, 6.07) is 13.4. The lowest BCUT2D eigenvalue weighted by Crippen LogP contribution is -2.42. The second-order valence-electron chi connectivity index (χ2n) is 5.21. The molecule has 104 valence electrons. The molecule has 1 fully saturated rings. The van der Waals surface area contributed by atoms with Crippen molar-refractivity contribution in [2.75, 3.05) is 18.0 Å². The fourth-order valence-corrected chi connectivity index (χ4v) is 2.82. The van der Waals surface area contributed by atoms with Crippen LogP contribution in [0.1, 0.15) is 18.4 Å². The quantitative estimate of drug-likeness (QED) is 0.922. The van der Waals surface area contributed by atoms with Crippen LogP contribution in [0.2, 0.25) is 5.02 Å². The van der Waals surface area contributed by atoms with Crippen molar-refractivity contribution in [1.29, 1.82) is 0 Å². The topological polar surface area (TPSA) is 36.4 Å². The van der Waals surface area contributed by atoms with Gasteiger partial charge in [-0.25, -0.2) is 4.98 Å². The van der Waals surface area contributed by atoms with Crippen LogP contribution in [-0.2, 0) is 5.60 Å². The molecule has 0 radical (unpaired) electrons. The molecular weight excluding hydrogens is 272 g/mol. The number of benzene rings is 1. The van der Waals surface area contributed by atoms with E-state index >= 15 is 0 Å². The van der Waals surface area contributed by atoms with E-state index in [2.05, 4.69) is 9.88 Å². The minimum Gasteiger partial charge on any atom is -0.385 e. The zero-order chi connectivity index (χ0) is 14.0. The Morgan fingerprint density at radius 1 is 1.05 bits per heavy atom. The molecule has 0 saturated carbocycles. The average Bonchev–Trinajstić information content (AvgIpc) is 2.49. The molecular formula is C16H17ClN2O. The molecule has 0 spiro atoms. The molecule has 2 aromatic rings. The fourth-order valence-electron chi connectivity index (χ4n) is 2.70. The monoisotopic (exact) mass is 288 g/mol. The zero-order valence-electron chi connectivity index (χ0n) is 11.2. The minimum absolute atomic E-state index is 0.697. The van der Waals surface area contributed by atoms with Crippen LogP contribution >= 0.6 is 11.6 Å². The number of pyridine rings is 1. The molecule has 3 nitrogen and oxygen atoms in total. The summed E-state index contributed by atoms with van der Waals surface area (Å²) in [6.07, 6.45) is 3.20. The first-order chi connectivity index (χ1) is 9.67. The van der Waals surface area contributed by atoms with Crippen molar-refractivity contribution in [2.45, 2.75) is 18.4 Å². The predicted molar refractivity (Wildman–Crippen MR) is 81.0 cm³/mol. The van der Waals surface area contributed by atoms with Crippen LogP contribution in [0, 0.1) is 0 Å². The first-order valence-corrected chi connectivity index (χ1v) is 7.20. The van der Waals surface area contributed by atoms with Crippen LogP contribution in [-0.4, -0.2) is 23.2 Å². The normalized spacial score (nSPS) is 18.0. The SMILES string of the molecule is OC1(c2ccc(Cl)cc2)CCN(c2ccccn2)CC1. The van der Waals surface area contributed by atoms with Gasteiger partial charge >= 0.3 is 0 Å². The van der Waals surface area contributed by atoms with Gasteiger partial charge in [0.1, 0.15) is 5.82 Å². The predicted octanol–water partition coefficient (Wildman–Crippen LogP) is 3.22. The van der Waals surface area contributed by atoms with Crippen molar-refractivity contribution in [3.8, 4) is 0 Å². The summed E-state index contributed by atoms with van der Waals surface area (Å²) in [6.45, 7) is 1.60. The summed E-state index contributed by atoms with van der Waals surface area (Å²) in [5.41, 5.74) is 0.193. The van der Waals surface area contributed by atoms with Crippen molar-refractivity contribution >= 4 is 17.4 Å². The first-order valence-electron chi connectivity index (χ1n) is 6.82. The Kier molecular flexibility index (Phi) is 3.64. The zero-order valence-corrected chi connectivity index (χ0v) is 11.9. The van der Waals surface area contributed by atoms with E-state index in [0.29, 0.717) is 17.9 Å². The van der Waals surface area contributed by atoms with Crippen LogP contribution in [0.25, 0.3) is 0 Å². The van der Waals surface area contributed by atoms with Gasteiger partial charge in [0, 0.05) is 24.3 Å². The second-order valence-corrected chi connectivity index (χ2v) is 5.65. The number of hydrogen-bond acceptors (Lipinski definition) is 3. The number of halogens is 1. The molecule has 1 aliphatic heterocycles. The van der Waals surface area contributed by atoms with E-state index in [4.69, 9.17) is 11.6 Å². The Morgan fingerprint density at radius 2 is 1.75 bits per heavy atom. The lowest BCUT2D eigenvalue weighted by atomic mass is 9.84. The molecule has 0 atom stereocenters. The number of aromatic nitrogens is 1. The van der Waals surface area contributed by atoms with Gasteiger partial charge in [0.05, 0.1) is 5.60 Å². The number of aliphatic hydroxyl groups is 1. The number of nitrogens with zero attached hydrogens (tertiary/aromatic N) is 2. The van der Waals surface area contributed by atoms with E-state index in [0.717, 1.165) is 24.5 Å². The largest absolute Gasteiger partial charge is 0.385 e. The summed E-state index contributed by atoms with van der Waals surface area (Å²) in [5.74, 6) is 0.977. The van der Waals surface area contributed by atoms with Crippen LogP contribution < -0.4 is 4.90 Å². The van der Waals surface area contributed by atoms with Gasteiger partial charge in [-0.15, -0.1) is 0 Å². The van der Waals surface area contributed by atoms with E-state index in [-0.39, 0.29) is 0 Å². The Hall–Kier alpha value is -1.58. The first kappa shape index (κ1) is 13.4. The summed E-state index contributed by atoms with van der Waals surface area (Å²) < 4.78 is 0. The van der Waals surface area contributed by atoms with Crippen molar-refractivity contribution in [1.82, 2.24) is 4.98 Å². The highest BCUT2D eigenvalue weighted by atomic mass is 35.5. The van der Waals surface area contributed by atoms with Crippen LogP contribution in [0.15, 0.2) is 48.7 Å². The van der Waals surface area contributed by atoms with Gasteiger partial charge in [-0.1, -0.05) is 29.8 Å². The van der Waals surface area contributed by atoms with Gasteiger partial charge in [0.25, 0.3) is 0 Å². The molecule has 1 aromatic carbocycles. The highest BCUT2D eigenvalue weighted by Gasteiger charge is 2.34. The molecule has 0 bridgehead atoms. The number of piperidine rings is 1. The highest BCUT2D eigenvalue weighted by molar-refractivity contribution is 6.30. The Morgan fingerprint density at radius 3 is 2.35 bits per heavy atom. The van der Waals surface area contributed by atoms with Gasteiger partial charge in [-0.3, -0.25) is 0 Å². The highest BCUT2D eigenvalue weighted by Crippen LogP contribution is 2.34. The van der Waals surface area contributed by atoms with E-state index in [1.807, 2.05) is 42.5 Å². The van der Waals surface area contributed by atoms with E-state index in [9.17, 15) is 5.11 Å². The van der Waals surface area contributed by atoms with E-state index < -0.39 is 5.60 Å². The lowest BCUT2D eigenvalue weighted by Gasteiger charge is -2.39. The van der Waals surface area contributed by atoms with Crippen LogP contribution in [0.3, 0.4) is 0 Å². The van der Waals surface area contributed by atoms with Crippen molar-refractivity contribution in [3.63, 3.8) is 0 Å². The number of anilines is 1. The Bertz CT molecular complexity index is 563. The molecule has 0 aliphatic carbocycles. The lowest BCUT2D eigenvalue weighted by molar-refractivity contribution is 0.0116. The third-order valence-corrected chi connectivity index (χ3v) is 4.20.